The molecule has 3 fully saturated rings. The van der Waals surface area contributed by atoms with E-state index in [1.54, 1.807) is 26.6 Å². The zero-order valence-corrected chi connectivity index (χ0v) is 29.5. The molecule has 4 heterocycles. The van der Waals surface area contributed by atoms with Crippen molar-refractivity contribution < 1.29 is 33.8 Å². The van der Waals surface area contributed by atoms with Gasteiger partial charge in [-0.15, -0.1) is 18.3 Å². The van der Waals surface area contributed by atoms with Crippen LogP contribution in [-0.2, 0) is 35.3 Å². The summed E-state index contributed by atoms with van der Waals surface area (Å²) in [5.74, 6) is -3.08. The van der Waals surface area contributed by atoms with E-state index in [1.807, 2.05) is 54.6 Å². The van der Waals surface area contributed by atoms with E-state index in [2.05, 4.69) is 28.8 Å². The Morgan fingerprint density at radius 2 is 1.85 bits per heavy atom. The van der Waals surface area contributed by atoms with Crippen LogP contribution in [0.25, 0.3) is 11.0 Å². The maximum atomic E-state index is 14.8. The predicted octanol–water partition coefficient (Wildman–Crippen LogP) is 3.70. The lowest BCUT2D eigenvalue weighted by molar-refractivity contribution is -0.149. The van der Waals surface area contributed by atoms with E-state index in [-0.39, 0.29) is 50.6 Å². The van der Waals surface area contributed by atoms with Gasteiger partial charge in [-0.25, -0.2) is 4.68 Å². The lowest BCUT2D eigenvalue weighted by Crippen LogP contribution is -2.56. The first kappa shape index (κ1) is 36.9. The fraction of sp³-hybridized carbons (Fsp3) is 0.487. The first-order chi connectivity index (χ1) is 25.3. The Balaban J connectivity index is 1.28. The second kappa shape index (κ2) is 16.6. The number of allylic oxidation sites excluding steroid dienone is 1. The number of esters is 1. The third-order valence-electron chi connectivity index (χ3n) is 10.5. The van der Waals surface area contributed by atoms with E-state index in [1.165, 1.54) is 0 Å². The van der Waals surface area contributed by atoms with Gasteiger partial charge in [-0.3, -0.25) is 19.2 Å². The van der Waals surface area contributed by atoms with Crippen LogP contribution in [0.2, 0.25) is 0 Å². The molecule has 3 saturated heterocycles. The summed E-state index contributed by atoms with van der Waals surface area (Å²) in [6.07, 6.45) is 7.17. The average molecular weight is 713 g/mol. The number of fused-ring (bicyclic) bond motifs is 2. The Labute approximate surface area is 303 Å². The Morgan fingerprint density at radius 1 is 1.08 bits per heavy atom. The number of aromatic nitrogens is 3. The molecule has 1 spiro atoms. The SMILES string of the molecule is C=CCCC(=O)OC[C@@H](NC(=O)[C@@H]1[C@H]2C(=O)N(CCCCCCO)[C@H](C(=O)N(CC=C)Cn3nnc4ccccc43)[C@]23CC[C@H]1O3)c1ccccc1. The van der Waals surface area contributed by atoms with Crippen LogP contribution in [0.15, 0.2) is 79.9 Å². The van der Waals surface area contributed by atoms with Gasteiger partial charge in [0.1, 0.15) is 30.4 Å². The van der Waals surface area contributed by atoms with Gasteiger partial charge in [0, 0.05) is 26.1 Å². The Bertz CT molecular complexity index is 1760. The number of nitrogens with zero attached hydrogens (tertiary/aromatic N) is 5. The van der Waals surface area contributed by atoms with Gasteiger partial charge in [0.25, 0.3) is 0 Å². The summed E-state index contributed by atoms with van der Waals surface area (Å²) >= 11 is 0. The second-order valence-corrected chi connectivity index (χ2v) is 13.8. The first-order valence-corrected chi connectivity index (χ1v) is 18.2. The number of unbranched alkanes of at least 4 members (excludes halogenated alkanes) is 3. The van der Waals surface area contributed by atoms with Crippen molar-refractivity contribution >= 4 is 34.7 Å². The molecule has 0 unspecified atom stereocenters. The summed E-state index contributed by atoms with van der Waals surface area (Å²) < 4.78 is 13.9. The van der Waals surface area contributed by atoms with E-state index in [4.69, 9.17) is 9.47 Å². The molecule has 2 N–H and O–H groups in total. The monoisotopic (exact) mass is 712 g/mol. The van der Waals surface area contributed by atoms with E-state index >= 15 is 0 Å². The molecule has 276 valence electrons. The first-order valence-electron chi connectivity index (χ1n) is 18.2. The van der Waals surface area contributed by atoms with Crippen molar-refractivity contribution in [1.82, 2.24) is 30.1 Å². The number of carbonyl (C=O) groups is 4. The van der Waals surface area contributed by atoms with Gasteiger partial charge in [-0.1, -0.05) is 72.7 Å². The molecule has 52 heavy (non-hydrogen) atoms. The van der Waals surface area contributed by atoms with Gasteiger partial charge in [0.15, 0.2) is 0 Å². The van der Waals surface area contributed by atoms with Crippen molar-refractivity contribution in [2.45, 2.75) is 81.8 Å². The van der Waals surface area contributed by atoms with Gasteiger partial charge >= 0.3 is 5.97 Å². The van der Waals surface area contributed by atoms with Gasteiger partial charge < -0.3 is 29.7 Å². The summed E-state index contributed by atoms with van der Waals surface area (Å²) in [5.41, 5.74) is 1.01. The minimum absolute atomic E-state index is 0.0811. The Kier molecular flexibility index (Phi) is 11.8. The fourth-order valence-corrected chi connectivity index (χ4v) is 8.09. The van der Waals surface area contributed by atoms with Crippen LogP contribution < -0.4 is 5.32 Å². The van der Waals surface area contributed by atoms with E-state index < -0.39 is 41.6 Å². The molecule has 13 nitrogen and oxygen atoms in total. The molecule has 6 rings (SSSR count). The zero-order chi connectivity index (χ0) is 36.7. The van der Waals surface area contributed by atoms with E-state index in [9.17, 15) is 24.3 Å². The minimum atomic E-state index is -1.20. The van der Waals surface area contributed by atoms with Gasteiger partial charge in [0.05, 0.1) is 29.5 Å². The van der Waals surface area contributed by atoms with Crippen molar-refractivity contribution in [3.05, 3.63) is 85.5 Å². The number of ether oxygens (including phenoxy) is 2. The van der Waals surface area contributed by atoms with Crippen molar-refractivity contribution in [1.29, 1.82) is 0 Å². The number of nitrogens with one attached hydrogen (secondary N) is 1. The minimum Gasteiger partial charge on any atom is -0.463 e. The molecule has 3 aliphatic heterocycles. The Hall–Kier alpha value is -4.88. The molecule has 3 amide bonds. The molecule has 13 heteroatoms. The highest BCUT2D eigenvalue weighted by Crippen LogP contribution is 2.58. The smallest absolute Gasteiger partial charge is 0.306 e. The largest absolute Gasteiger partial charge is 0.463 e. The van der Waals surface area contributed by atoms with Gasteiger partial charge in [-0.2, -0.15) is 0 Å². The molecule has 0 saturated carbocycles. The molecular weight excluding hydrogens is 664 g/mol. The van der Waals surface area contributed by atoms with Gasteiger partial charge in [0.2, 0.25) is 17.7 Å². The number of benzene rings is 2. The molecule has 3 aromatic rings. The topological polar surface area (TPSA) is 156 Å². The van der Waals surface area contributed by atoms with Crippen LogP contribution >= 0.6 is 0 Å². The van der Waals surface area contributed by atoms with Crippen LogP contribution in [0, 0.1) is 11.8 Å². The van der Waals surface area contributed by atoms with Crippen LogP contribution in [-0.4, -0.2) is 97.6 Å². The number of hydrogen-bond donors (Lipinski definition) is 2. The molecule has 2 aromatic carbocycles. The number of aliphatic hydroxyl groups is 1. The lowest BCUT2D eigenvalue weighted by atomic mass is 9.70. The maximum Gasteiger partial charge on any atom is 0.306 e. The summed E-state index contributed by atoms with van der Waals surface area (Å²) in [5, 5.41) is 20.9. The molecule has 3 aliphatic rings. The molecule has 0 aliphatic carbocycles. The highest BCUT2D eigenvalue weighted by molar-refractivity contribution is 5.99. The van der Waals surface area contributed by atoms with Crippen molar-refractivity contribution in [3.63, 3.8) is 0 Å². The number of rotatable bonds is 19. The molecule has 1 aromatic heterocycles. The molecule has 6 atom stereocenters. The lowest BCUT2D eigenvalue weighted by Gasteiger charge is -2.36. The summed E-state index contributed by atoms with van der Waals surface area (Å²) in [7, 11) is 0. The number of hydrogen-bond acceptors (Lipinski definition) is 9. The third kappa shape index (κ3) is 7.38. The van der Waals surface area contributed by atoms with E-state index in [0.29, 0.717) is 44.2 Å². The summed E-state index contributed by atoms with van der Waals surface area (Å²) in [6, 6.07) is 15.1. The normalized spacial score (nSPS) is 23.7. The number of carbonyl (C=O) groups excluding carboxylic acids is 4. The highest BCUT2D eigenvalue weighted by atomic mass is 16.5. The zero-order valence-electron chi connectivity index (χ0n) is 29.5. The van der Waals surface area contributed by atoms with Crippen LogP contribution in [0.1, 0.15) is 63.0 Å². The number of para-hydroxylation sites is 1. The summed E-state index contributed by atoms with van der Waals surface area (Å²) in [6.45, 7) is 8.14. The second-order valence-electron chi connectivity index (χ2n) is 13.8. The molecule has 0 radical (unpaired) electrons. The number of amides is 3. The quantitative estimate of drug-likeness (QED) is 0.108. The number of likely N-dealkylation sites (tertiary alicyclic amines) is 1. The van der Waals surface area contributed by atoms with Crippen molar-refractivity contribution in [2.75, 3.05) is 26.3 Å². The van der Waals surface area contributed by atoms with Crippen LogP contribution in [0.5, 0.6) is 0 Å². The van der Waals surface area contributed by atoms with Crippen LogP contribution in [0.4, 0.5) is 0 Å². The fourth-order valence-electron chi connectivity index (χ4n) is 8.09. The highest BCUT2D eigenvalue weighted by Gasteiger charge is 2.74. The van der Waals surface area contributed by atoms with E-state index in [0.717, 1.165) is 23.9 Å². The van der Waals surface area contributed by atoms with Gasteiger partial charge in [-0.05, 0) is 49.8 Å². The standard InChI is InChI=1S/C39H48N6O7/c1-3-5-19-32(47)51-25-29(27-15-9-8-10-16-27)40-36(48)33-31-20-21-39(52-31)34(33)37(49)44(23-13-6-7-14-24-46)35(39)38(50)43(22-4-2)26-45-30-18-12-11-17-28(30)41-42-45/h3-4,8-12,15-18,29,31,33-35,46H,1-2,5-7,13-14,19-26H2,(H,40,48)/t29-,31-,33+,34+,35-,39+/m1/s1. The number of aliphatic hydroxyl groups excluding tert-OH is 1. The summed E-state index contributed by atoms with van der Waals surface area (Å²) in [4.78, 5) is 59.4. The van der Waals surface area contributed by atoms with Crippen molar-refractivity contribution in [2.24, 2.45) is 11.8 Å². The average Bonchev–Trinajstić information content (AvgIpc) is 3.91. The third-order valence-corrected chi connectivity index (χ3v) is 10.5. The van der Waals surface area contributed by atoms with Crippen molar-refractivity contribution in [3.8, 4) is 0 Å². The van der Waals surface area contributed by atoms with Crippen LogP contribution in [0.3, 0.4) is 0 Å². The predicted molar refractivity (Wildman–Crippen MR) is 192 cm³/mol. The maximum absolute atomic E-state index is 14.8. The molecular formula is C39H48N6O7. The molecule has 2 bridgehead atoms. The Morgan fingerprint density at radius 3 is 2.62 bits per heavy atom.